The zero-order valence-electron chi connectivity index (χ0n) is 11.9. The number of hydrogen-bond acceptors (Lipinski definition) is 4. The molecule has 5 heteroatoms. The monoisotopic (exact) mass is 265 g/mol. The Hall–Kier alpha value is -0.680. The van der Waals surface area contributed by atoms with Gasteiger partial charge in [-0.2, -0.15) is 5.11 Å². The molecule has 1 aliphatic heterocycles. The second-order valence-corrected chi connectivity index (χ2v) is 6.47. The average Bonchev–Trinajstić information content (AvgIpc) is 3.25. The molecular formula is C14H27N5. The van der Waals surface area contributed by atoms with E-state index < -0.39 is 0 Å². The van der Waals surface area contributed by atoms with Gasteiger partial charge in [0.25, 0.3) is 0 Å². The Kier molecular flexibility index (Phi) is 4.33. The van der Waals surface area contributed by atoms with Crippen molar-refractivity contribution in [1.29, 1.82) is 0 Å². The minimum Gasteiger partial charge on any atom is -0.305 e. The van der Waals surface area contributed by atoms with Crippen LogP contribution >= 0.6 is 0 Å². The third-order valence-corrected chi connectivity index (χ3v) is 5.03. The molecule has 0 amide bonds. The normalized spacial score (nSPS) is 34.9. The SMILES string of the molecule is NN=NC1CCC(N2CCN(CC3CC3)CC2)CC1. The second-order valence-electron chi connectivity index (χ2n) is 6.47. The van der Waals surface area contributed by atoms with Crippen LogP contribution in [-0.2, 0) is 0 Å². The summed E-state index contributed by atoms with van der Waals surface area (Å²) >= 11 is 0. The molecule has 0 aromatic heterocycles. The highest BCUT2D eigenvalue weighted by Crippen LogP contribution is 2.30. The van der Waals surface area contributed by atoms with Crippen LogP contribution in [0.3, 0.4) is 0 Å². The highest BCUT2D eigenvalue weighted by molar-refractivity contribution is 4.86. The first-order valence-corrected chi connectivity index (χ1v) is 7.91. The molecule has 1 heterocycles. The van der Waals surface area contributed by atoms with Gasteiger partial charge < -0.3 is 10.7 Å². The topological polar surface area (TPSA) is 57.2 Å². The standard InChI is InChI=1S/C14H27N5/c15-17-16-13-3-5-14(6-4-13)19-9-7-18(8-10-19)11-12-1-2-12/h12-14H,1-11H2,(H2,15,16). The molecule has 0 atom stereocenters. The fourth-order valence-electron chi connectivity index (χ4n) is 3.61. The summed E-state index contributed by atoms with van der Waals surface area (Å²) in [4.78, 5) is 5.38. The van der Waals surface area contributed by atoms with Gasteiger partial charge in [-0.15, -0.1) is 0 Å². The lowest BCUT2D eigenvalue weighted by Gasteiger charge is -2.41. The van der Waals surface area contributed by atoms with Crippen LogP contribution in [0.15, 0.2) is 10.3 Å². The lowest BCUT2D eigenvalue weighted by molar-refractivity contribution is 0.0740. The Morgan fingerprint density at radius 3 is 2.16 bits per heavy atom. The van der Waals surface area contributed by atoms with Crippen molar-refractivity contribution >= 4 is 0 Å². The van der Waals surface area contributed by atoms with Crippen LogP contribution in [0, 0.1) is 5.92 Å². The van der Waals surface area contributed by atoms with Gasteiger partial charge in [-0.25, -0.2) is 0 Å². The van der Waals surface area contributed by atoms with Crippen LogP contribution in [0.4, 0.5) is 0 Å². The van der Waals surface area contributed by atoms with Crippen molar-refractivity contribution in [2.45, 2.75) is 50.6 Å². The lowest BCUT2D eigenvalue weighted by atomic mass is 9.90. The van der Waals surface area contributed by atoms with E-state index >= 15 is 0 Å². The van der Waals surface area contributed by atoms with Crippen molar-refractivity contribution in [1.82, 2.24) is 9.80 Å². The Morgan fingerprint density at radius 2 is 1.58 bits per heavy atom. The van der Waals surface area contributed by atoms with Gasteiger partial charge in [0.15, 0.2) is 0 Å². The van der Waals surface area contributed by atoms with Gasteiger partial charge in [0, 0.05) is 38.8 Å². The summed E-state index contributed by atoms with van der Waals surface area (Å²) in [5.41, 5.74) is 0. The molecule has 108 valence electrons. The predicted octanol–water partition coefficient (Wildman–Crippen LogP) is 1.65. The third kappa shape index (κ3) is 3.66. The molecule has 3 aliphatic rings. The number of nitrogens with two attached hydrogens (primary N) is 1. The van der Waals surface area contributed by atoms with E-state index in [1.54, 1.807) is 0 Å². The van der Waals surface area contributed by atoms with Crippen molar-refractivity contribution in [2.75, 3.05) is 32.7 Å². The molecule has 0 radical (unpaired) electrons. The van der Waals surface area contributed by atoms with E-state index in [9.17, 15) is 0 Å². The van der Waals surface area contributed by atoms with Crippen molar-refractivity contribution in [3.05, 3.63) is 0 Å². The van der Waals surface area contributed by atoms with Crippen molar-refractivity contribution in [3.63, 3.8) is 0 Å². The zero-order valence-corrected chi connectivity index (χ0v) is 11.9. The molecule has 3 rings (SSSR count). The maximum Gasteiger partial charge on any atom is 0.0730 e. The molecule has 3 fully saturated rings. The average molecular weight is 265 g/mol. The zero-order chi connectivity index (χ0) is 13.1. The first-order valence-electron chi connectivity index (χ1n) is 7.91. The van der Waals surface area contributed by atoms with Crippen LogP contribution < -0.4 is 5.84 Å². The summed E-state index contributed by atoms with van der Waals surface area (Å²) in [6.45, 7) is 6.44. The number of rotatable bonds is 4. The van der Waals surface area contributed by atoms with Gasteiger partial charge in [-0.1, -0.05) is 5.22 Å². The van der Waals surface area contributed by atoms with Crippen LogP contribution in [-0.4, -0.2) is 54.6 Å². The number of nitrogens with zero attached hydrogens (tertiary/aromatic N) is 4. The van der Waals surface area contributed by atoms with Crippen molar-refractivity contribution in [3.8, 4) is 0 Å². The minimum atomic E-state index is 0.386. The van der Waals surface area contributed by atoms with E-state index in [-0.39, 0.29) is 0 Å². The maximum absolute atomic E-state index is 5.14. The highest BCUT2D eigenvalue weighted by Gasteiger charge is 2.30. The second kappa shape index (κ2) is 6.18. The van der Waals surface area contributed by atoms with Crippen LogP contribution in [0.25, 0.3) is 0 Å². The molecule has 1 saturated heterocycles. The lowest BCUT2D eigenvalue weighted by Crippen LogP contribution is -2.51. The molecule has 2 aliphatic carbocycles. The number of piperazine rings is 1. The first kappa shape index (κ1) is 13.3. The Labute approximate surface area is 116 Å². The maximum atomic E-state index is 5.14. The van der Waals surface area contributed by atoms with Crippen molar-refractivity contribution in [2.24, 2.45) is 22.1 Å². The van der Waals surface area contributed by atoms with E-state index in [2.05, 4.69) is 20.1 Å². The molecule has 0 bridgehead atoms. The molecule has 0 aromatic rings. The van der Waals surface area contributed by atoms with Gasteiger partial charge in [0.1, 0.15) is 0 Å². The Morgan fingerprint density at radius 1 is 0.895 bits per heavy atom. The first-order chi connectivity index (χ1) is 9.35. The Bertz CT molecular complexity index is 299. The van der Waals surface area contributed by atoms with Crippen LogP contribution in [0.5, 0.6) is 0 Å². The summed E-state index contributed by atoms with van der Waals surface area (Å²) in [5.74, 6) is 6.17. The third-order valence-electron chi connectivity index (χ3n) is 5.03. The molecule has 2 N–H and O–H groups in total. The summed E-state index contributed by atoms with van der Waals surface area (Å²) in [6.07, 6.45) is 7.81. The minimum absolute atomic E-state index is 0.386. The summed E-state index contributed by atoms with van der Waals surface area (Å²) < 4.78 is 0. The van der Waals surface area contributed by atoms with Gasteiger partial charge in [0.05, 0.1) is 6.04 Å². The van der Waals surface area contributed by atoms with Gasteiger partial charge in [-0.05, 0) is 44.4 Å². The molecule has 5 nitrogen and oxygen atoms in total. The van der Waals surface area contributed by atoms with E-state index in [4.69, 9.17) is 5.84 Å². The van der Waals surface area contributed by atoms with Crippen LogP contribution in [0.2, 0.25) is 0 Å². The van der Waals surface area contributed by atoms with E-state index in [0.29, 0.717) is 6.04 Å². The fourth-order valence-corrected chi connectivity index (χ4v) is 3.61. The summed E-state index contributed by atoms with van der Waals surface area (Å²) in [6, 6.07) is 1.17. The largest absolute Gasteiger partial charge is 0.305 e. The Balaban J connectivity index is 1.39. The van der Waals surface area contributed by atoms with E-state index in [1.165, 1.54) is 58.4 Å². The summed E-state index contributed by atoms with van der Waals surface area (Å²) in [5, 5.41) is 7.54. The quantitative estimate of drug-likeness (QED) is 0.478. The van der Waals surface area contributed by atoms with Gasteiger partial charge in [0.2, 0.25) is 0 Å². The van der Waals surface area contributed by atoms with Gasteiger partial charge in [-0.3, -0.25) is 4.90 Å². The van der Waals surface area contributed by atoms with E-state index in [0.717, 1.165) is 24.8 Å². The number of hydrogen-bond donors (Lipinski definition) is 1. The summed E-state index contributed by atoms with van der Waals surface area (Å²) in [7, 11) is 0. The molecule has 0 aromatic carbocycles. The highest BCUT2D eigenvalue weighted by atomic mass is 15.3. The predicted molar refractivity (Wildman–Crippen MR) is 75.8 cm³/mol. The molecule has 0 spiro atoms. The van der Waals surface area contributed by atoms with Crippen LogP contribution in [0.1, 0.15) is 38.5 Å². The van der Waals surface area contributed by atoms with Gasteiger partial charge >= 0.3 is 0 Å². The molecule has 0 unspecified atom stereocenters. The van der Waals surface area contributed by atoms with E-state index in [1.807, 2.05) is 0 Å². The molecule has 2 saturated carbocycles. The smallest absolute Gasteiger partial charge is 0.0730 e. The molecular weight excluding hydrogens is 238 g/mol. The van der Waals surface area contributed by atoms with Crippen molar-refractivity contribution < 1.29 is 0 Å². The molecule has 19 heavy (non-hydrogen) atoms. The fraction of sp³-hybridized carbons (Fsp3) is 1.00.